The molecule has 0 atom stereocenters. The fourth-order valence-electron chi connectivity index (χ4n) is 2.90. The van der Waals surface area contributed by atoms with E-state index < -0.39 is 0 Å². The predicted octanol–water partition coefficient (Wildman–Crippen LogP) is 5.84. The Bertz CT molecular complexity index is 1070. The van der Waals surface area contributed by atoms with Crippen LogP contribution in [0.5, 0.6) is 0 Å². The van der Waals surface area contributed by atoms with Crippen LogP contribution in [-0.2, 0) is 4.74 Å². The van der Waals surface area contributed by atoms with Crippen LogP contribution >= 0.6 is 11.8 Å². The van der Waals surface area contributed by atoms with Gasteiger partial charge >= 0.3 is 5.97 Å². The first-order valence-corrected chi connectivity index (χ1v) is 9.77. The van der Waals surface area contributed by atoms with Gasteiger partial charge in [-0.05, 0) is 56.3 Å². The maximum absolute atomic E-state index is 12.5. The number of hydrogen-bond donors (Lipinski definition) is 0. The van der Waals surface area contributed by atoms with Gasteiger partial charge in [-0.25, -0.2) is 4.79 Å². The number of Topliss-reactive ketones (excluding diaryl/α,β-unsaturated/α-hetero) is 1. The largest absolute Gasteiger partial charge is 0.459 e. The summed E-state index contributed by atoms with van der Waals surface area (Å²) in [5.74, 6) is 0.958. The van der Waals surface area contributed by atoms with Crippen LogP contribution in [0.2, 0.25) is 0 Å². The van der Waals surface area contributed by atoms with E-state index in [0.29, 0.717) is 22.0 Å². The first kappa shape index (κ1) is 18.3. The van der Waals surface area contributed by atoms with Crippen molar-refractivity contribution < 1.29 is 18.7 Å². The predicted molar refractivity (Wildman–Crippen MR) is 109 cm³/mol. The number of ketones is 1. The van der Waals surface area contributed by atoms with Crippen molar-refractivity contribution >= 4 is 29.6 Å². The summed E-state index contributed by atoms with van der Waals surface area (Å²) in [6.45, 7) is 3.63. The first-order valence-electron chi connectivity index (χ1n) is 8.96. The third-order valence-corrected chi connectivity index (χ3v) is 5.32. The molecule has 2 aromatic carbocycles. The van der Waals surface area contributed by atoms with E-state index in [1.165, 1.54) is 11.8 Å². The molecule has 0 spiro atoms. The molecule has 0 saturated carbocycles. The number of thioether (sulfide) groups is 1. The molecule has 1 aliphatic heterocycles. The van der Waals surface area contributed by atoms with Crippen molar-refractivity contribution in [3.63, 3.8) is 0 Å². The molecule has 28 heavy (non-hydrogen) atoms. The van der Waals surface area contributed by atoms with Crippen molar-refractivity contribution in [1.29, 1.82) is 0 Å². The van der Waals surface area contributed by atoms with Gasteiger partial charge in [-0.3, -0.25) is 4.79 Å². The summed E-state index contributed by atoms with van der Waals surface area (Å²) in [5, 5.41) is 0. The van der Waals surface area contributed by atoms with Gasteiger partial charge < -0.3 is 9.15 Å². The highest BCUT2D eigenvalue weighted by Crippen LogP contribution is 2.40. The monoisotopic (exact) mass is 390 g/mol. The zero-order valence-electron chi connectivity index (χ0n) is 15.5. The molecule has 0 saturated heterocycles. The van der Waals surface area contributed by atoms with E-state index in [-0.39, 0.29) is 17.9 Å². The third-order valence-electron chi connectivity index (χ3n) is 4.22. The van der Waals surface area contributed by atoms with Gasteiger partial charge in [0.2, 0.25) is 5.78 Å². The number of benzene rings is 2. The van der Waals surface area contributed by atoms with Crippen molar-refractivity contribution in [2.24, 2.45) is 0 Å². The highest BCUT2D eigenvalue weighted by Gasteiger charge is 2.25. The molecular formula is C23H18O4S. The van der Waals surface area contributed by atoms with Crippen LogP contribution in [0, 0.1) is 0 Å². The minimum absolute atomic E-state index is 0.0200. The zero-order chi connectivity index (χ0) is 19.7. The molecule has 1 aromatic heterocycles. The molecule has 4 rings (SSSR count). The first-order chi connectivity index (χ1) is 13.5. The molecule has 1 aliphatic rings. The number of ether oxygens (including phenoxy) is 1. The Morgan fingerprint density at radius 2 is 1.79 bits per heavy atom. The van der Waals surface area contributed by atoms with Crippen LogP contribution in [0.3, 0.4) is 0 Å². The maximum atomic E-state index is 12.5. The maximum Gasteiger partial charge on any atom is 0.338 e. The number of esters is 1. The molecule has 5 heteroatoms. The standard InChI is InChI=1S/C23H18O4S/c1-14(2)26-23(25)16-9-7-15(8-10-16)19-12-11-17(27-19)13-21-22(24)18-5-3-4-6-20(18)28-21/h3-14H,1-2H3/b21-13+. The lowest BCUT2D eigenvalue weighted by atomic mass is 10.1. The zero-order valence-corrected chi connectivity index (χ0v) is 16.3. The average Bonchev–Trinajstić information content (AvgIpc) is 3.27. The number of carbonyl (C=O) groups is 2. The molecule has 2 heterocycles. The second-order valence-corrected chi connectivity index (χ2v) is 7.75. The number of carbonyl (C=O) groups excluding carboxylic acids is 2. The van der Waals surface area contributed by atoms with Crippen molar-refractivity contribution in [3.8, 4) is 11.3 Å². The smallest absolute Gasteiger partial charge is 0.338 e. The Kier molecular flexibility index (Phi) is 4.92. The quantitative estimate of drug-likeness (QED) is 0.414. The number of rotatable bonds is 4. The van der Waals surface area contributed by atoms with E-state index in [1.807, 2.05) is 62.4 Å². The van der Waals surface area contributed by atoms with Gasteiger partial charge in [-0.1, -0.05) is 36.0 Å². The van der Waals surface area contributed by atoms with E-state index in [2.05, 4.69) is 0 Å². The summed E-state index contributed by atoms with van der Waals surface area (Å²) in [4.78, 5) is 26.0. The number of allylic oxidation sites excluding steroid dienone is 1. The summed E-state index contributed by atoms with van der Waals surface area (Å²) in [6.07, 6.45) is 1.61. The SMILES string of the molecule is CC(C)OC(=O)c1ccc(-c2ccc(/C=C3/Sc4ccccc4C3=O)o2)cc1. The van der Waals surface area contributed by atoms with Crippen LogP contribution in [0.4, 0.5) is 0 Å². The second kappa shape index (κ2) is 7.52. The van der Waals surface area contributed by atoms with Gasteiger partial charge in [0.05, 0.1) is 16.6 Å². The van der Waals surface area contributed by atoms with Gasteiger partial charge in [-0.2, -0.15) is 0 Å². The van der Waals surface area contributed by atoms with Crippen molar-refractivity contribution in [2.75, 3.05) is 0 Å². The van der Waals surface area contributed by atoms with Crippen molar-refractivity contribution in [1.82, 2.24) is 0 Å². The van der Waals surface area contributed by atoms with Gasteiger partial charge in [0, 0.05) is 16.0 Å². The van der Waals surface area contributed by atoms with Crippen molar-refractivity contribution in [2.45, 2.75) is 24.8 Å². The van der Waals surface area contributed by atoms with Gasteiger partial charge in [-0.15, -0.1) is 0 Å². The molecule has 0 unspecified atom stereocenters. The summed E-state index contributed by atoms with van der Waals surface area (Å²) in [5.41, 5.74) is 2.07. The van der Waals surface area contributed by atoms with E-state index in [4.69, 9.17) is 9.15 Å². The lowest BCUT2D eigenvalue weighted by molar-refractivity contribution is 0.0378. The topological polar surface area (TPSA) is 56.5 Å². The van der Waals surface area contributed by atoms with E-state index in [1.54, 1.807) is 18.2 Å². The number of hydrogen-bond acceptors (Lipinski definition) is 5. The molecule has 0 N–H and O–H groups in total. The normalized spacial score (nSPS) is 14.5. The Balaban J connectivity index is 1.52. The molecule has 0 aliphatic carbocycles. The van der Waals surface area contributed by atoms with Crippen molar-refractivity contribution in [3.05, 3.63) is 82.5 Å². The second-order valence-electron chi connectivity index (χ2n) is 6.67. The van der Waals surface area contributed by atoms with E-state index >= 15 is 0 Å². The Hall–Kier alpha value is -3.05. The Morgan fingerprint density at radius 1 is 1.04 bits per heavy atom. The fourth-order valence-corrected chi connectivity index (χ4v) is 3.94. The molecule has 4 nitrogen and oxygen atoms in total. The molecule has 0 fully saturated rings. The number of furan rings is 1. The molecular weight excluding hydrogens is 372 g/mol. The van der Waals surface area contributed by atoms with Crippen LogP contribution in [0.15, 0.2) is 74.9 Å². The minimum Gasteiger partial charge on any atom is -0.459 e. The Morgan fingerprint density at radius 3 is 2.50 bits per heavy atom. The average molecular weight is 390 g/mol. The molecule has 0 amide bonds. The molecule has 0 bridgehead atoms. The number of fused-ring (bicyclic) bond motifs is 1. The van der Waals surface area contributed by atoms with E-state index in [0.717, 1.165) is 16.0 Å². The molecule has 3 aromatic rings. The highest BCUT2D eigenvalue weighted by atomic mass is 32.2. The van der Waals surface area contributed by atoms with Crippen LogP contribution in [0.25, 0.3) is 17.4 Å². The van der Waals surface area contributed by atoms with Gasteiger partial charge in [0.25, 0.3) is 0 Å². The lowest BCUT2D eigenvalue weighted by Crippen LogP contribution is -2.11. The minimum atomic E-state index is -0.345. The summed E-state index contributed by atoms with van der Waals surface area (Å²) < 4.78 is 11.1. The van der Waals surface area contributed by atoms with Crippen LogP contribution < -0.4 is 0 Å². The van der Waals surface area contributed by atoms with Gasteiger partial charge in [0.15, 0.2) is 0 Å². The Labute approximate surface area is 167 Å². The lowest BCUT2D eigenvalue weighted by Gasteiger charge is -2.07. The van der Waals surface area contributed by atoms with Crippen LogP contribution in [0.1, 0.15) is 40.3 Å². The molecule has 0 radical (unpaired) electrons. The summed E-state index contributed by atoms with van der Waals surface area (Å²) in [6, 6.07) is 18.3. The van der Waals surface area contributed by atoms with Crippen LogP contribution in [-0.4, -0.2) is 17.9 Å². The van der Waals surface area contributed by atoms with Gasteiger partial charge in [0.1, 0.15) is 11.5 Å². The summed E-state index contributed by atoms with van der Waals surface area (Å²) in [7, 11) is 0. The fraction of sp³-hybridized carbons (Fsp3) is 0.130. The summed E-state index contributed by atoms with van der Waals surface area (Å²) >= 11 is 1.45. The third kappa shape index (κ3) is 3.66. The molecule has 140 valence electrons. The van der Waals surface area contributed by atoms with E-state index in [9.17, 15) is 9.59 Å². The highest BCUT2D eigenvalue weighted by molar-refractivity contribution is 8.04.